The quantitative estimate of drug-likeness (QED) is 0.247. The molecule has 0 aromatic rings. The maximum Gasteiger partial charge on any atom is 0.155 e. The average molecular weight is 489 g/mol. The Kier molecular flexibility index (Phi) is 48.7. The van der Waals surface area contributed by atoms with Crippen molar-refractivity contribution < 1.29 is 108 Å². The minimum absolute atomic E-state index is 0. The van der Waals surface area contributed by atoms with Gasteiger partial charge in [-0.3, -0.25) is 0 Å². The Balaban J connectivity index is -0.000000107. The van der Waals surface area contributed by atoms with Gasteiger partial charge in [0.1, 0.15) is 0 Å². The van der Waals surface area contributed by atoms with Crippen molar-refractivity contribution in [2.75, 3.05) is 13.2 Å². The van der Waals surface area contributed by atoms with Crippen molar-refractivity contribution in [1.29, 1.82) is 0 Å². The molecule has 2 radical (unpaired) electrons. The van der Waals surface area contributed by atoms with Gasteiger partial charge in [0.2, 0.25) is 0 Å². The van der Waals surface area contributed by atoms with Crippen LogP contribution >= 0.6 is 9.03 Å². The van der Waals surface area contributed by atoms with Crippen molar-refractivity contribution in [3.05, 3.63) is 12.7 Å². The zero-order chi connectivity index (χ0) is 6.95. The summed E-state index contributed by atoms with van der Waals surface area (Å²) in [5.74, 6) is 0. The molecule has 70 valence electrons. The van der Waals surface area contributed by atoms with Gasteiger partial charge in [-0.15, -0.1) is 6.58 Å². The third kappa shape index (κ3) is 23.3. The van der Waals surface area contributed by atoms with Crippen LogP contribution in [-0.4, -0.2) is 13.2 Å². The van der Waals surface area contributed by atoms with Crippen LogP contribution in [0, 0.1) is 82.6 Å². The topological polar surface area (TPSA) is 18.5 Å². The van der Waals surface area contributed by atoms with Gasteiger partial charge in [0.05, 0.1) is 13.2 Å². The van der Waals surface area contributed by atoms with Gasteiger partial charge < -0.3 is 9.05 Å². The summed E-state index contributed by atoms with van der Waals surface area (Å²) in [5.41, 5.74) is 0. The van der Waals surface area contributed by atoms with Crippen molar-refractivity contribution in [2.45, 2.75) is 13.3 Å². The first-order valence-electron chi connectivity index (χ1n) is 3.01. The van der Waals surface area contributed by atoms with Crippen LogP contribution in [0.3, 0.4) is 0 Å². The van der Waals surface area contributed by atoms with Crippen LogP contribution in [0.4, 0.5) is 0 Å². The molecule has 0 saturated carbocycles. The second-order valence-corrected chi connectivity index (χ2v) is 2.28. The molecular weight excluding hydrogens is 476 g/mol. The van der Waals surface area contributed by atoms with Crippen molar-refractivity contribution in [1.82, 2.24) is 0 Å². The first kappa shape index (κ1) is 24.5. The molecule has 0 aliphatic heterocycles. The molecule has 0 N–H and O–H groups in total. The molecule has 0 aliphatic rings. The van der Waals surface area contributed by atoms with E-state index in [0.29, 0.717) is 6.61 Å². The Hall–Kier alpha value is 3.31. The van der Waals surface area contributed by atoms with E-state index in [1.54, 1.807) is 6.08 Å². The predicted octanol–water partition coefficient (Wildman–Crippen LogP) is 2.12. The molecule has 0 saturated heterocycles. The van der Waals surface area contributed by atoms with Crippen LogP contribution in [0.2, 0.25) is 0 Å². The smallest absolute Gasteiger partial charge is 0.155 e. The summed E-state index contributed by atoms with van der Waals surface area (Å²) >= 11 is 0. The Morgan fingerprint density at radius 2 is 1.92 bits per heavy atom. The molecule has 0 heterocycles. The Morgan fingerprint density at radius 3 is 2.33 bits per heavy atom. The largest absolute Gasteiger partial charge is 0.336 e. The van der Waals surface area contributed by atoms with Crippen LogP contribution in [0.5, 0.6) is 0 Å². The molecule has 0 aliphatic carbocycles. The van der Waals surface area contributed by atoms with E-state index in [9.17, 15) is 0 Å². The monoisotopic (exact) mass is 488 g/mol. The molecular formula is C6H13NiO2PPr2. The molecule has 12 heavy (non-hydrogen) atoms. The van der Waals surface area contributed by atoms with E-state index in [4.69, 9.17) is 9.05 Å². The molecule has 6 heteroatoms. The van der Waals surface area contributed by atoms with Crippen LogP contribution in [0.1, 0.15) is 13.3 Å². The standard InChI is InChI=1S/C6H13O2P.Ni.2Pr/c1-3-5-7-9-8-6-4-2;;;/h3,9H,1,4-6H2,2H3;;;. The van der Waals surface area contributed by atoms with E-state index in [2.05, 4.69) is 13.5 Å². The van der Waals surface area contributed by atoms with Crippen molar-refractivity contribution in [2.24, 2.45) is 0 Å². The number of rotatable bonds is 6. The van der Waals surface area contributed by atoms with Gasteiger partial charge in [0.25, 0.3) is 0 Å². The maximum atomic E-state index is 5.04. The van der Waals surface area contributed by atoms with E-state index in [-0.39, 0.29) is 108 Å². The van der Waals surface area contributed by atoms with E-state index in [1.807, 2.05) is 0 Å². The zero-order valence-electron chi connectivity index (χ0n) is 7.19. The molecule has 1 atom stereocenters. The summed E-state index contributed by atoms with van der Waals surface area (Å²) in [7, 11) is 0.175. The van der Waals surface area contributed by atoms with Crippen molar-refractivity contribution in [3.8, 4) is 0 Å². The first-order chi connectivity index (χ1) is 4.41. The van der Waals surface area contributed by atoms with E-state index < -0.39 is 0 Å². The zero-order valence-corrected chi connectivity index (χ0v) is 16.6. The Labute approximate surface area is 153 Å². The SMILES string of the molecule is C=CCOPOCCC.[Ni].[Pr].[Pr]. The van der Waals surface area contributed by atoms with Crippen LogP contribution in [-0.2, 0) is 25.5 Å². The molecule has 0 fully saturated rings. The molecule has 2 nitrogen and oxygen atoms in total. The van der Waals surface area contributed by atoms with Crippen LogP contribution in [0.15, 0.2) is 12.7 Å². The summed E-state index contributed by atoms with van der Waals surface area (Å²) in [4.78, 5) is 0. The second-order valence-electron chi connectivity index (χ2n) is 1.53. The van der Waals surface area contributed by atoms with Gasteiger partial charge in [-0.1, -0.05) is 13.0 Å². The summed E-state index contributed by atoms with van der Waals surface area (Å²) in [5, 5.41) is 0. The third-order valence-electron chi connectivity index (χ3n) is 0.625. The normalized spacial score (nSPS) is 8.08. The van der Waals surface area contributed by atoms with Crippen molar-refractivity contribution in [3.63, 3.8) is 0 Å². The molecule has 0 amide bonds. The van der Waals surface area contributed by atoms with Gasteiger partial charge in [0, 0.05) is 99.1 Å². The van der Waals surface area contributed by atoms with Gasteiger partial charge >= 0.3 is 0 Å². The fourth-order valence-electron chi connectivity index (χ4n) is 0.278. The predicted molar refractivity (Wildman–Crippen MR) is 40.7 cm³/mol. The molecule has 0 aromatic heterocycles. The second kappa shape index (κ2) is 23.8. The summed E-state index contributed by atoms with van der Waals surface area (Å²) < 4.78 is 10.0. The molecule has 0 spiro atoms. The average Bonchev–Trinajstić information content (AvgIpc) is 1.89. The molecule has 0 aromatic carbocycles. The molecule has 0 bridgehead atoms. The summed E-state index contributed by atoms with van der Waals surface area (Å²) in [6, 6.07) is 0. The van der Waals surface area contributed by atoms with Crippen LogP contribution < -0.4 is 0 Å². The summed E-state index contributed by atoms with van der Waals surface area (Å²) in [6.07, 6.45) is 2.76. The Morgan fingerprint density at radius 1 is 1.33 bits per heavy atom. The van der Waals surface area contributed by atoms with E-state index >= 15 is 0 Å². The Bertz CT molecular complexity index is 78.6. The number of hydrogen-bond donors (Lipinski definition) is 0. The number of hydrogen-bond acceptors (Lipinski definition) is 2. The minimum atomic E-state index is 0. The van der Waals surface area contributed by atoms with Crippen LogP contribution in [0.25, 0.3) is 0 Å². The minimum Gasteiger partial charge on any atom is -0.336 e. The van der Waals surface area contributed by atoms with E-state index in [0.717, 1.165) is 13.0 Å². The van der Waals surface area contributed by atoms with Gasteiger partial charge in [-0.2, -0.15) is 0 Å². The summed E-state index contributed by atoms with van der Waals surface area (Å²) in [6.45, 7) is 6.94. The molecule has 1 unspecified atom stereocenters. The fraction of sp³-hybridized carbons (Fsp3) is 0.667. The van der Waals surface area contributed by atoms with Gasteiger partial charge in [-0.25, -0.2) is 0 Å². The van der Waals surface area contributed by atoms with Crippen molar-refractivity contribution >= 4 is 9.03 Å². The third-order valence-corrected chi connectivity index (χ3v) is 1.23. The maximum absolute atomic E-state index is 5.04. The first-order valence-corrected chi connectivity index (χ1v) is 3.83. The van der Waals surface area contributed by atoms with Gasteiger partial charge in [-0.05, 0) is 6.42 Å². The fourth-order valence-corrected chi connectivity index (χ4v) is 0.835. The molecule has 0 rings (SSSR count). The van der Waals surface area contributed by atoms with Gasteiger partial charge in [0.15, 0.2) is 9.03 Å². The van der Waals surface area contributed by atoms with E-state index in [1.165, 1.54) is 0 Å².